The second kappa shape index (κ2) is 10.9. The molecule has 0 spiro atoms. The van der Waals surface area contributed by atoms with E-state index < -0.39 is 0 Å². The highest BCUT2D eigenvalue weighted by Gasteiger charge is 2.26. The average Bonchev–Trinajstić information content (AvgIpc) is 2.77. The number of nitrogens with zero attached hydrogens (tertiary/aromatic N) is 1. The summed E-state index contributed by atoms with van der Waals surface area (Å²) in [6, 6.07) is 13.7. The van der Waals surface area contributed by atoms with E-state index >= 15 is 0 Å². The highest BCUT2D eigenvalue weighted by molar-refractivity contribution is 7.80. The molecule has 8 heteroatoms. The third kappa shape index (κ3) is 6.40. The van der Waals surface area contributed by atoms with E-state index in [9.17, 15) is 9.18 Å². The quantitative estimate of drug-likeness (QED) is 0.658. The van der Waals surface area contributed by atoms with Crippen molar-refractivity contribution in [3.63, 3.8) is 0 Å². The van der Waals surface area contributed by atoms with Crippen molar-refractivity contribution < 1.29 is 18.7 Å². The molecule has 0 bridgehead atoms. The zero-order chi connectivity index (χ0) is 21.3. The van der Waals surface area contributed by atoms with Crippen LogP contribution in [0.15, 0.2) is 48.5 Å². The van der Waals surface area contributed by atoms with Gasteiger partial charge in [0, 0.05) is 25.3 Å². The van der Waals surface area contributed by atoms with Crippen LogP contribution in [-0.4, -0.2) is 55.9 Å². The number of rotatable bonds is 7. The lowest BCUT2D eigenvalue weighted by Gasteiger charge is -2.31. The van der Waals surface area contributed by atoms with Crippen molar-refractivity contribution in [2.24, 2.45) is 5.92 Å². The summed E-state index contributed by atoms with van der Waals surface area (Å²) in [5.41, 5.74) is 1.59. The third-order valence-corrected chi connectivity index (χ3v) is 5.15. The van der Waals surface area contributed by atoms with Crippen molar-refractivity contribution in [1.82, 2.24) is 10.2 Å². The topological polar surface area (TPSA) is 62.8 Å². The third-order valence-electron chi connectivity index (χ3n) is 4.90. The Bertz CT molecular complexity index is 857. The fourth-order valence-electron chi connectivity index (χ4n) is 3.30. The Hall–Kier alpha value is -2.71. The molecule has 0 saturated carbocycles. The number of halogens is 1. The number of methoxy groups -OCH3 is 1. The van der Waals surface area contributed by atoms with Crippen LogP contribution in [0.3, 0.4) is 0 Å². The first kappa shape index (κ1) is 22.0. The molecule has 160 valence electrons. The lowest BCUT2D eigenvalue weighted by Crippen LogP contribution is -2.47. The molecular formula is C22H26FN3O3S. The van der Waals surface area contributed by atoms with Crippen LogP contribution in [0.1, 0.15) is 5.56 Å². The van der Waals surface area contributed by atoms with E-state index in [1.54, 1.807) is 18.1 Å². The van der Waals surface area contributed by atoms with E-state index in [1.807, 2.05) is 30.3 Å². The minimum Gasteiger partial charge on any atom is -0.497 e. The average molecular weight is 432 g/mol. The molecule has 1 saturated heterocycles. The maximum atomic E-state index is 13.6. The Morgan fingerprint density at radius 3 is 2.63 bits per heavy atom. The molecule has 0 radical (unpaired) electrons. The Balaban J connectivity index is 1.63. The van der Waals surface area contributed by atoms with E-state index in [1.165, 1.54) is 12.1 Å². The number of hydrogen-bond donors (Lipinski definition) is 2. The summed E-state index contributed by atoms with van der Waals surface area (Å²) in [5.74, 6) is 0.0863. The molecule has 2 aromatic rings. The van der Waals surface area contributed by atoms with Gasteiger partial charge in [-0.05, 0) is 60.6 Å². The lowest BCUT2D eigenvalue weighted by atomic mass is 9.97. The van der Waals surface area contributed by atoms with Crippen molar-refractivity contribution in [2.45, 2.75) is 6.42 Å². The number of morpholine rings is 1. The first-order valence-corrected chi connectivity index (χ1v) is 10.3. The van der Waals surface area contributed by atoms with Gasteiger partial charge in [-0.25, -0.2) is 4.39 Å². The first-order valence-electron chi connectivity index (χ1n) is 9.85. The molecule has 0 aromatic heterocycles. The normalized spacial score (nSPS) is 14.7. The largest absolute Gasteiger partial charge is 0.497 e. The van der Waals surface area contributed by atoms with E-state index in [0.29, 0.717) is 44.4 Å². The Morgan fingerprint density at radius 1 is 1.23 bits per heavy atom. The van der Waals surface area contributed by atoms with Gasteiger partial charge in [-0.3, -0.25) is 4.79 Å². The van der Waals surface area contributed by atoms with Crippen molar-refractivity contribution >= 4 is 28.9 Å². The van der Waals surface area contributed by atoms with E-state index in [2.05, 4.69) is 10.6 Å². The van der Waals surface area contributed by atoms with E-state index in [-0.39, 0.29) is 17.6 Å². The fourth-order valence-corrected chi connectivity index (χ4v) is 3.50. The second-order valence-electron chi connectivity index (χ2n) is 7.03. The Morgan fingerprint density at radius 2 is 1.97 bits per heavy atom. The van der Waals surface area contributed by atoms with Gasteiger partial charge in [-0.15, -0.1) is 0 Å². The zero-order valence-corrected chi connectivity index (χ0v) is 17.7. The van der Waals surface area contributed by atoms with Gasteiger partial charge in [-0.2, -0.15) is 0 Å². The molecule has 1 aliphatic heterocycles. The van der Waals surface area contributed by atoms with Gasteiger partial charge in [0.2, 0.25) is 5.91 Å². The number of nitrogens with one attached hydrogen (secondary N) is 2. The molecule has 2 aromatic carbocycles. The van der Waals surface area contributed by atoms with Gasteiger partial charge < -0.3 is 25.0 Å². The minimum atomic E-state index is -0.375. The summed E-state index contributed by atoms with van der Waals surface area (Å²) in [5, 5.41) is 6.65. The maximum Gasteiger partial charge on any atom is 0.227 e. The standard InChI is InChI=1S/C22H26FN3O3S/c1-28-20-7-5-19(6-8-20)25-22(30)24-15-17(13-16-3-2-4-18(23)14-16)21(27)26-9-11-29-12-10-26/h2-8,14,17H,9-13,15H2,1H3,(H2,24,25,30). The smallest absolute Gasteiger partial charge is 0.227 e. The molecule has 1 fully saturated rings. The molecule has 1 amide bonds. The highest BCUT2D eigenvalue weighted by atomic mass is 32.1. The summed E-state index contributed by atoms with van der Waals surface area (Å²) < 4.78 is 24.1. The van der Waals surface area contributed by atoms with Crippen molar-refractivity contribution in [3.05, 3.63) is 59.9 Å². The van der Waals surface area contributed by atoms with Gasteiger partial charge in [0.05, 0.1) is 26.2 Å². The molecule has 1 aliphatic rings. The molecule has 1 unspecified atom stereocenters. The van der Waals surface area contributed by atoms with Crippen LogP contribution in [-0.2, 0) is 16.0 Å². The Labute approximate surface area is 181 Å². The molecule has 30 heavy (non-hydrogen) atoms. The number of ether oxygens (including phenoxy) is 2. The zero-order valence-electron chi connectivity index (χ0n) is 16.9. The number of carbonyl (C=O) groups is 1. The van der Waals surface area contributed by atoms with Crippen LogP contribution in [0.4, 0.5) is 10.1 Å². The molecule has 2 N–H and O–H groups in total. The van der Waals surface area contributed by atoms with Crippen molar-refractivity contribution in [3.8, 4) is 5.75 Å². The fraction of sp³-hybridized carbons (Fsp3) is 0.364. The number of anilines is 1. The molecule has 0 aliphatic carbocycles. The van der Waals surface area contributed by atoms with Crippen molar-refractivity contribution in [1.29, 1.82) is 0 Å². The minimum absolute atomic E-state index is 0.0160. The molecule has 6 nitrogen and oxygen atoms in total. The van der Waals surface area contributed by atoms with E-state index in [0.717, 1.165) is 17.0 Å². The van der Waals surface area contributed by atoms with Crippen LogP contribution in [0.2, 0.25) is 0 Å². The van der Waals surface area contributed by atoms with Crippen molar-refractivity contribution in [2.75, 3.05) is 45.3 Å². The molecule has 3 rings (SSSR count). The maximum absolute atomic E-state index is 13.6. The monoisotopic (exact) mass is 431 g/mol. The summed E-state index contributed by atoms with van der Waals surface area (Å²) >= 11 is 5.39. The van der Waals surface area contributed by atoms with Gasteiger partial charge in [0.15, 0.2) is 5.11 Å². The van der Waals surface area contributed by atoms with Gasteiger partial charge >= 0.3 is 0 Å². The molecular weight excluding hydrogens is 405 g/mol. The number of amides is 1. The van der Waals surface area contributed by atoms with Crippen LogP contribution in [0, 0.1) is 11.7 Å². The number of benzene rings is 2. The molecule has 1 atom stereocenters. The molecule has 1 heterocycles. The van der Waals surface area contributed by atoms with Gasteiger partial charge in [0.1, 0.15) is 11.6 Å². The number of carbonyl (C=O) groups excluding carboxylic acids is 1. The predicted octanol–water partition coefficient (Wildman–Crippen LogP) is 2.84. The van der Waals surface area contributed by atoms with Crippen LogP contribution >= 0.6 is 12.2 Å². The van der Waals surface area contributed by atoms with E-state index in [4.69, 9.17) is 21.7 Å². The Kier molecular flexibility index (Phi) is 7.98. The first-order chi connectivity index (χ1) is 14.5. The highest BCUT2D eigenvalue weighted by Crippen LogP contribution is 2.16. The second-order valence-corrected chi connectivity index (χ2v) is 7.44. The van der Waals surface area contributed by atoms with Gasteiger partial charge in [-0.1, -0.05) is 12.1 Å². The van der Waals surface area contributed by atoms with Crippen LogP contribution < -0.4 is 15.4 Å². The van der Waals surface area contributed by atoms with Crippen LogP contribution in [0.5, 0.6) is 5.75 Å². The number of hydrogen-bond acceptors (Lipinski definition) is 4. The summed E-state index contributed by atoms with van der Waals surface area (Å²) in [6.07, 6.45) is 0.423. The van der Waals surface area contributed by atoms with Gasteiger partial charge in [0.25, 0.3) is 0 Å². The SMILES string of the molecule is COc1ccc(NC(=S)NCC(Cc2cccc(F)c2)C(=O)N2CCOCC2)cc1. The summed E-state index contributed by atoms with van der Waals surface area (Å²) in [6.45, 7) is 2.53. The number of thiocarbonyl (C=S) groups is 1. The summed E-state index contributed by atoms with van der Waals surface area (Å²) in [7, 11) is 1.61. The summed E-state index contributed by atoms with van der Waals surface area (Å²) in [4.78, 5) is 14.9. The lowest BCUT2D eigenvalue weighted by molar-refractivity contribution is -0.139. The van der Waals surface area contributed by atoms with Crippen LogP contribution in [0.25, 0.3) is 0 Å². The predicted molar refractivity (Wildman–Crippen MR) is 118 cm³/mol.